The number of ketones is 1. The van der Waals surface area contributed by atoms with Gasteiger partial charge in [0.15, 0.2) is 0 Å². The summed E-state index contributed by atoms with van der Waals surface area (Å²) in [5, 5.41) is 0. The Labute approximate surface area is 218 Å². The van der Waals surface area contributed by atoms with E-state index >= 15 is 0 Å². The molecular formula is C30H34N4O3. The molecule has 0 unspecified atom stereocenters. The van der Waals surface area contributed by atoms with E-state index in [2.05, 4.69) is 65.1 Å². The molecule has 7 heteroatoms. The molecular weight excluding hydrogens is 464 g/mol. The van der Waals surface area contributed by atoms with Crippen molar-refractivity contribution in [3.8, 4) is 11.5 Å². The van der Waals surface area contributed by atoms with Gasteiger partial charge >= 0.3 is 0 Å². The molecule has 3 aliphatic rings. The average molecular weight is 499 g/mol. The maximum Gasteiger partial charge on any atom is 0.225 e. The summed E-state index contributed by atoms with van der Waals surface area (Å²) in [5.74, 6) is 2.79. The van der Waals surface area contributed by atoms with Gasteiger partial charge in [-0.25, -0.2) is 9.97 Å². The van der Waals surface area contributed by atoms with Crippen LogP contribution in [0.3, 0.4) is 0 Å². The quantitative estimate of drug-likeness (QED) is 0.492. The van der Waals surface area contributed by atoms with E-state index in [4.69, 9.17) is 15.2 Å². The molecule has 0 radical (unpaired) electrons. The number of ether oxygens (including phenoxy) is 2. The van der Waals surface area contributed by atoms with Crippen LogP contribution in [-0.4, -0.2) is 41.0 Å². The van der Waals surface area contributed by atoms with Crippen molar-refractivity contribution in [2.75, 3.05) is 18.0 Å². The zero-order chi connectivity index (χ0) is 25.6. The number of hydrogen-bond acceptors (Lipinski definition) is 7. The molecule has 2 aromatic carbocycles. The lowest BCUT2D eigenvalue weighted by Crippen LogP contribution is -2.63. The van der Waals surface area contributed by atoms with Gasteiger partial charge in [0.25, 0.3) is 0 Å². The largest absolute Gasteiger partial charge is 0.490 e. The minimum atomic E-state index is -0.156. The maximum atomic E-state index is 11.4. The van der Waals surface area contributed by atoms with Crippen LogP contribution in [0.15, 0.2) is 60.8 Å². The fourth-order valence-electron chi connectivity index (χ4n) is 5.67. The molecule has 3 aromatic rings. The van der Waals surface area contributed by atoms with E-state index in [-0.39, 0.29) is 23.0 Å². The molecule has 1 aliphatic heterocycles. The van der Waals surface area contributed by atoms with E-state index < -0.39 is 0 Å². The number of rotatable bonds is 8. The van der Waals surface area contributed by atoms with Crippen LogP contribution >= 0.6 is 0 Å². The van der Waals surface area contributed by atoms with Crippen molar-refractivity contribution >= 4 is 11.7 Å². The average Bonchev–Trinajstić information content (AvgIpc) is 2.84. The van der Waals surface area contributed by atoms with Crippen LogP contribution in [0.25, 0.3) is 0 Å². The van der Waals surface area contributed by atoms with E-state index in [1.54, 1.807) is 6.20 Å². The Morgan fingerprint density at radius 3 is 2.19 bits per heavy atom. The van der Waals surface area contributed by atoms with Crippen molar-refractivity contribution in [3.05, 3.63) is 77.6 Å². The second-order valence-electron chi connectivity index (χ2n) is 11.5. The van der Waals surface area contributed by atoms with Crippen LogP contribution in [0, 0.1) is 5.41 Å². The van der Waals surface area contributed by atoms with Gasteiger partial charge < -0.3 is 20.1 Å². The second-order valence-corrected chi connectivity index (χ2v) is 11.5. The van der Waals surface area contributed by atoms with Gasteiger partial charge in [0.1, 0.15) is 30.0 Å². The number of nitrogens with zero attached hydrogens (tertiary/aromatic N) is 3. The first-order valence-corrected chi connectivity index (χ1v) is 13.1. The van der Waals surface area contributed by atoms with Gasteiger partial charge in [0, 0.05) is 49.0 Å². The van der Waals surface area contributed by atoms with E-state index in [1.807, 2.05) is 18.2 Å². The lowest BCUT2D eigenvalue weighted by Gasteiger charge is -2.54. The predicted octanol–water partition coefficient (Wildman–Crippen LogP) is 4.42. The first-order valence-electron chi connectivity index (χ1n) is 13.1. The molecule has 192 valence electrons. The van der Waals surface area contributed by atoms with Gasteiger partial charge in [0.2, 0.25) is 5.95 Å². The Morgan fingerprint density at radius 2 is 1.59 bits per heavy atom. The summed E-state index contributed by atoms with van der Waals surface area (Å²) in [5.41, 5.74) is 9.17. The molecule has 6 rings (SSSR count). The predicted molar refractivity (Wildman–Crippen MR) is 142 cm³/mol. The third-order valence-corrected chi connectivity index (χ3v) is 8.15. The van der Waals surface area contributed by atoms with Crippen molar-refractivity contribution in [2.24, 2.45) is 11.1 Å². The van der Waals surface area contributed by atoms with Gasteiger partial charge in [-0.15, -0.1) is 0 Å². The number of aromatic nitrogens is 2. The van der Waals surface area contributed by atoms with E-state index in [0.717, 1.165) is 49.1 Å². The summed E-state index contributed by atoms with van der Waals surface area (Å²) in [6, 6.07) is 18.9. The van der Waals surface area contributed by atoms with Crippen molar-refractivity contribution < 1.29 is 14.3 Å². The van der Waals surface area contributed by atoms with Crippen LogP contribution in [0.2, 0.25) is 0 Å². The van der Waals surface area contributed by atoms with Gasteiger partial charge in [-0.1, -0.05) is 38.1 Å². The molecule has 37 heavy (non-hydrogen) atoms. The molecule has 2 aliphatic carbocycles. The molecule has 0 amide bonds. The highest BCUT2D eigenvalue weighted by atomic mass is 16.5. The van der Waals surface area contributed by atoms with Crippen LogP contribution in [0.1, 0.15) is 56.4 Å². The summed E-state index contributed by atoms with van der Waals surface area (Å²) in [7, 11) is 0. The van der Waals surface area contributed by atoms with Crippen LogP contribution < -0.4 is 20.1 Å². The molecule has 2 N–H and O–H groups in total. The molecule has 7 nitrogen and oxygen atoms in total. The molecule has 1 aromatic heterocycles. The third kappa shape index (κ3) is 4.80. The summed E-state index contributed by atoms with van der Waals surface area (Å²) >= 11 is 0. The van der Waals surface area contributed by atoms with Crippen molar-refractivity contribution in [2.45, 2.75) is 63.7 Å². The summed E-state index contributed by atoms with van der Waals surface area (Å²) < 4.78 is 12.0. The summed E-state index contributed by atoms with van der Waals surface area (Å²) in [4.78, 5) is 22.6. The molecule has 1 saturated heterocycles. The van der Waals surface area contributed by atoms with Crippen LogP contribution in [0.5, 0.6) is 11.5 Å². The van der Waals surface area contributed by atoms with Crippen molar-refractivity contribution in [1.29, 1.82) is 0 Å². The number of hydrogen-bond donors (Lipinski definition) is 1. The first kappa shape index (κ1) is 23.9. The Morgan fingerprint density at radius 1 is 0.973 bits per heavy atom. The first-order chi connectivity index (χ1) is 17.8. The lowest BCUT2D eigenvalue weighted by molar-refractivity contribution is -0.134. The number of anilines is 1. The molecule has 0 bridgehead atoms. The number of benzene rings is 2. The SMILES string of the molecule is CC(C)(c1ccc(OCc2ccnc(N3CC4(CC(=O)C4)C3)n2)cc1)c1ccc(OC2CC(N)C2)cc1. The standard InChI is InChI=1S/C30H34N4O3/c1-29(2,21-5-9-26(10-6-21)37-27-13-22(31)14-27)20-3-7-25(8-4-20)36-17-23-11-12-32-28(33-23)34-18-30(19-34)15-24(35)16-30/h3-12,22,27H,13-19,31H2,1-2H3. The normalized spacial score (nSPS) is 22.1. The minimum absolute atomic E-state index is 0.156. The van der Waals surface area contributed by atoms with Crippen molar-refractivity contribution in [1.82, 2.24) is 9.97 Å². The monoisotopic (exact) mass is 498 g/mol. The maximum absolute atomic E-state index is 11.4. The molecule has 0 atom stereocenters. The zero-order valence-corrected chi connectivity index (χ0v) is 21.5. The number of nitrogens with two attached hydrogens (primary N) is 1. The Hall–Kier alpha value is -3.45. The van der Waals surface area contributed by atoms with E-state index in [0.29, 0.717) is 25.2 Å². The second kappa shape index (κ2) is 9.14. The molecule has 3 fully saturated rings. The fourth-order valence-corrected chi connectivity index (χ4v) is 5.67. The minimum Gasteiger partial charge on any atom is -0.490 e. The molecule has 2 heterocycles. The number of Topliss-reactive ketones (excluding diaryl/α,β-unsaturated/α-hetero) is 1. The topological polar surface area (TPSA) is 90.6 Å². The highest BCUT2D eigenvalue weighted by Gasteiger charge is 2.52. The Balaban J connectivity index is 1.04. The Kier molecular flexibility index (Phi) is 5.91. The van der Waals surface area contributed by atoms with Crippen LogP contribution in [0.4, 0.5) is 5.95 Å². The highest BCUT2D eigenvalue weighted by Crippen LogP contribution is 2.46. The summed E-state index contributed by atoms with van der Waals surface area (Å²) in [6.07, 6.45) is 5.30. The van der Waals surface area contributed by atoms with Gasteiger partial charge in [-0.05, 0) is 54.3 Å². The Bertz CT molecular complexity index is 1270. The fraction of sp³-hybridized carbons (Fsp3) is 0.433. The molecule has 2 saturated carbocycles. The summed E-state index contributed by atoms with van der Waals surface area (Å²) in [6.45, 7) is 6.57. The van der Waals surface area contributed by atoms with Gasteiger partial charge in [-0.3, -0.25) is 4.79 Å². The third-order valence-electron chi connectivity index (χ3n) is 8.15. The number of carbonyl (C=O) groups is 1. The van der Waals surface area contributed by atoms with Crippen LogP contribution in [-0.2, 0) is 16.8 Å². The van der Waals surface area contributed by atoms with Gasteiger partial charge in [0.05, 0.1) is 5.69 Å². The smallest absolute Gasteiger partial charge is 0.225 e. The van der Waals surface area contributed by atoms with E-state index in [1.165, 1.54) is 11.1 Å². The van der Waals surface area contributed by atoms with Gasteiger partial charge in [-0.2, -0.15) is 0 Å². The lowest BCUT2D eigenvalue weighted by atomic mass is 9.63. The molecule has 1 spiro atoms. The zero-order valence-electron chi connectivity index (χ0n) is 21.5. The van der Waals surface area contributed by atoms with E-state index in [9.17, 15) is 4.79 Å². The van der Waals surface area contributed by atoms with Crippen molar-refractivity contribution in [3.63, 3.8) is 0 Å². The highest BCUT2D eigenvalue weighted by molar-refractivity contribution is 5.87. The number of carbonyl (C=O) groups excluding carboxylic acids is 1.